The van der Waals surface area contributed by atoms with E-state index in [9.17, 15) is 4.79 Å². The highest BCUT2D eigenvalue weighted by molar-refractivity contribution is 5.81. The Morgan fingerprint density at radius 1 is 1.08 bits per heavy atom. The Hall–Kier alpha value is -2.49. The summed E-state index contributed by atoms with van der Waals surface area (Å²) in [5.41, 5.74) is 3.41. The number of nitrogens with one attached hydrogen (secondary N) is 1. The molecule has 0 aliphatic rings. The van der Waals surface area contributed by atoms with Crippen LogP contribution in [0.15, 0.2) is 42.5 Å². The predicted molar refractivity (Wildman–Crippen MR) is 100 cm³/mol. The number of hydrogen-bond donors (Lipinski definition) is 1. The molecule has 0 heterocycles. The van der Waals surface area contributed by atoms with Crippen LogP contribution in [-0.4, -0.2) is 25.2 Å². The Balaban J connectivity index is 1.81. The van der Waals surface area contributed by atoms with Crippen LogP contribution in [0.5, 0.6) is 11.5 Å². The van der Waals surface area contributed by atoms with Gasteiger partial charge in [-0.15, -0.1) is 0 Å². The first-order valence-corrected chi connectivity index (χ1v) is 8.71. The molecule has 1 N–H and O–H groups in total. The SMILES string of the molecule is CC[C@H](Oc1cccc(C)c1C)C(=O)NCCOc1ccc(C)cc1. The molecule has 1 amide bonds. The number of amides is 1. The van der Waals surface area contributed by atoms with E-state index in [4.69, 9.17) is 9.47 Å². The first-order chi connectivity index (χ1) is 12.0. The summed E-state index contributed by atoms with van der Waals surface area (Å²) >= 11 is 0. The van der Waals surface area contributed by atoms with Crippen molar-refractivity contribution in [3.8, 4) is 11.5 Å². The molecule has 134 valence electrons. The standard InChI is InChI=1S/C21H27NO3/c1-5-19(25-20-8-6-7-16(3)17(20)4)21(23)22-13-14-24-18-11-9-15(2)10-12-18/h6-12,19H,5,13-14H2,1-4H3,(H,22,23)/t19-/m0/s1. The first-order valence-electron chi connectivity index (χ1n) is 8.71. The molecule has 25 heavy (non-hydrogen) atoms. The summed E-state index contributed by atoms with van der Waals surface area (Å²) in [4.78, 5) is 12.3. The topological polar surface area (TPSA) is 47.6 Å². The Morgan fingerprint density at radius 2 is 1.80 bits per heavy atom. The highest BCUT2D eigenvalue weighted by Crippen LogP contribution is 2.22. The van der Waals surface area contributed by atoms with E-state index in [1.165, 1.54) is 5.56 Å². The number of carbonyl (C=O) groups excluding carboxylic acids is 1. The van der Waals surface area contributed by atoms with E-state index in [0.717, 1.165) is 22.6 Å². The number of ether oxygens (including phenoxy) is 2. The van der Waals surface area contributed by atoms with Gasteiger partial charge in [-0.25, -0.2) is 0 Å². The lowest BCUT2D eigenvalue weighted by molar-refractivity contribution is -0.128. The smallest absolute Gasteiger partial charge is 0.261 e. The Labute approximate surface area is 150 Å². The van der Waals surface area contributed by atoms with Crippen LogP contribution in [0.4, 0.5) is 0 Å². The molecular weight excluding hydrogens is 314 g/mol. The number of rotatable bonds is 8. The van der Waals surface area contributed by atoms with Crippen LogP contribution in [0.3, 0.4) is 0 Å². The molecular formula is C21H27NO3. The Kier molecular flexibility index (Phi) is 6.87. The fraction of sp³-hybridized carbons (Fsp3) is 0.381. The molecule has 0 bridgehead atoms. The molecule has 0 fully saturated rings. The normalized spacial score (nSPS) is 11.7. The van der Waals surface area contributed by atoms with E-state index in [0.29, 0.717) is 19.6 Å². The van der Waals surface area contributed by atoms with Gasteiger partial charge in [0.2, 0.25) is 0 Å². The van der Waals surface area contributed by atoms with Crippen molar-refractivity contribution in [3.05, 3.63) is 59.2 Å². The zero-order chi connectivity index (χ0) is 18.2. The summed E-state index contributed by atoms with van der Waals surface area (Å²) in [5.74, 6) is 1.45. The Bertz CT molecular complexity index is 695. The van der Waals surface area contributed by atoms with Gasteiger partial charge < -0.3 is 14.8 Å². The lowest BCUT2D eigenvalue weighted by Crippen LogP contribution is -2.39. The van der Waals surface area contributed by atoms with Crippen LogP contribution in [0.25, 0.3) is 0 Å². The molecule has 0 unspecified atom stereocenters. The third kappa shape index (κ3) is 5.52. The van der Waals surface area contributed by atoms with Crippen molar-refractivity contribution in [3.63, 3.8) is 0 Å². The molecule has 0 saturated heterocycles. The summed E-state index contributed by atoms with van der Waals surface area (Å²) in [7, 11) is 0. The number of aryl methyl sites for hydroxylation is 2. The highest BCUT2D eigenvalue weighted by Gasteiger charge is 2.19. The van der Waals surface area contributed by atoms with Gasteiger partial charge in [0.25, 0.3) is 5.91 Å². The van der Waals surface area contributed by atoms with Crippen LogP contribution in [0.1, 0.15) is 30.0 Å². The van der Waals surface area contributed by atoms with E-state index < -0.39 is 6.10 Å². The maximum atomic E-state index is 12.3. The number of carbonyl (C=O) groups is 1. The minimum absolute atomic E-state index is 0.115. The third-order valence-electron chi connectivity index (χ3n) is 4.18. The van der Waals surface area contributed by atoms with Crippen molar-refractivity contribution in [2.24, 2.45) is 0 Å². The van der Waals surface area contributed by atoms with Crippen molar-refractivity contribution >= 4 is 5.91 Å². The van der Waals surface area contributed by atoms with Crippen molar-refractivity contribution in [1.29, 1.82) is 0 Å². The van der Waals surface area contributed by atoms with E-state index in [1.807, 2.05) is 70.2 Å². The number of hydrogen-bond acceptors (Lipinski definition) is 3. The van der Waals surface area contributed by atoms with Gasteiger partial charge in [0.05, 0.1) is 6.54 Å². The molecule has 2 aromatic rings. The second-order valence-electron chi connectivity index (χ2n) is 6.17. The third-order valence-corrected chi connectivity index (χ3v) is 4.18. The second-order valence-corrected chi connectivity index (χ2v) is 6.17. The Morgan fingerprint density at radius 3 is 2.48 bits per heavy atom. The molecule has 4 heteroatoms. The van der Waals surface area contributed by atoms with Crippen molar-refractivity contribution in [2.45, 2.75) is 40.2 Å². The maximum absolute atomic E-state index is 12.3. The summed E-state index contributed by atoms with van der Waals surface area (Å²) in [6, 6.07) is 13.7. The quantitative estimate of drug-likeness (QED) is 0.739. The largest absolute Gasteiger partial charge is 0.492 e. The van der Waals surface area contributed by atoms with Gasteiger partial charge in [0.15, 0.2) is 6.10 Å². The van der Waals surface area contributed by atoms with Gasteiger partial charge >= 0.3 is 0 Å². The highest BCUT2D eigenvalue weighted by atomic mass is 16.5. The van der Waals surface area contributed by atoms with Gasteiger partial charge in [0.1, 0.15) is 18.1 Å². The van der Waals surface area contributed by atoms with Crippen LogP contribution >= 0.6 is 0 Å². The fourth-order valence-corrected chi connectivity index (χ4v) is 2.42. The van der Waals surface area contributed by atoms with Gasteiger partial charge in [-0.1, -0.05) is 36.8 Å². The minimum atomic E-state index is -0.500. The number of benzene rings is 2. The van der Waals surface area contributed by atoms with E-state index in [2.05, 4.69) is 5.32 Å². The van der Waals surface area contributed by atoms with Gasteiger partial charge in [-0.05, 0) is 56.5 Å². The molecule has 0 radical (unpaired) electrons. The monoisotopic (exact) mass is 341 g/mol. The van der Waals surface area contributed by atoms with Crippen LogP contribution in [0.2, 0.25) is 0 Å². The van der Waals surface area contributed by atoms with E-state index in [-0.39, 0.29) is 5.91 Å². The fourth-order valence-electron chi connectivity index (χ4n) is 2.42. The maximum Gasteiger partial charge on any atom is 0.261 e. The van der Waals surface area contributed by atoms with Crippen molar-refractivity contribution < 1.29 is 14.3 Å². The van der Waals surface area contributed by atoms with Gasteiger partial charge in [-0.3, -0.25) is 4.79 Å². The molecule has 2 aromatic carbocycles. The second kappa shape index (κ2) is 9.11. The van der Waals surface area contributed by atoms with Crippen LogP contribution in [-0.2, 0) is 4.79 Å². The molecule has 0 aromatic heterocycles. The van der Waals surface area contributed by atoms with Crippen LogP contribution < -0.4 is 14.8 Å². The summed E-state index contributed by atoms with van der Waals surface area (Å²) in [6.45, 7) is 8.88. The zero-order valence-electron chi connectivity index (χ0n) is 15.5. The average Bonchev–Trinajstić information content (AvgIpc) is 2.61. The van der Waals surface area contributed by atoms with Gasteiger partial charge in [0, 0.05) is 0 Å². The molecule has 2 rings (SSSR count). The lowest BCUT2D eigenvalue weighted by atomic mass is 10.1. The lowest BCUT2D eigenvalue weighted by Gasteiger charge is -2.19. The summed E-state index contributed by atoms with van der Waals surface area (Å²) in [6.07, 6.45) is 0.109. The summed E-state index contributed by atoms with van der Waals surface area (Å²) in [5, 5.41) is 2.88. The van der Waals surface area contributed by atoms with Crippen molar-refractivity contribution in [1.82, 2.24) is 5.32 Å². The zero-order valence-corrected chi connectivity index (χ0v) is 15.5. The molecule has 1 atom stereocenters. The summed E-state index contributed by atoms with van der Waals surface area (Å²) < 4.78 is 11.5. The first kappa shape index (κ1) is 18.8. The molecule has 0 spiro atoms. The van der Waals surface area contributed by atoms with E-state index >= 15 is 0 Å². The molecule has 0 saturated carbocycles. The van der Waals surface area contributed by atoms with Crippen molar-refractivity contribution in [2.75, 3.05) is 13.2 Å². The average molecular weight is 341 g/mol. The molecule has 0 aliphatic carbocycles. The minimum Gasteiger partial charge on any atom is -0.492 e. The van der Waals surface area contributed by atoms with Crippen LogP contribution in [0, 0.1) is 20.8 Å². The predicted octanol–water partition coefficient (Wildman–Crippen LogP) is 3.96. The van der Waals surface area contributed by atoms with E-state index in [1.54, 1.807) is 0 Å². The van der Waals surface area contributed by atoms with Gasteiger partial charge in [-0.2, -0.15) is 0 Å². The molecule has 4 nitrogen and oxygen atoms in total. The molecule has 0 aliphatic heterocycles.